The van der Waals surface area contributed by atoms with Crippen LogP contribution in [-0.4, -0.2) is 49.9 Å². The Balaban J connectivity index is 1.59. The van der Waals surface area contributed by atoms with Gasteiger partial charge in [0.05, 0.1) is 30.5 Å². The average molecular weight is 467 g/mol. The van der Waals surface area contributed by atoms with Gasteiger partial charge in [-0.2, -0.15) is 5.10 Å². The number of hydrogen-bond acceptors (Lipinski definition) is 6. The van der Waals surface area contributed by atoms with Crippen molar-refractivity contribution >= 4 is 17.1 Å². The molecule has 0 spiro atoms. The van der Waals surface area contributed by atoms with E-state index in [9.17, 15) is 9.59 Å². The minimum absolute atomic E-state index is 0.0641. The number of morpholine rings is 1. The van der Waals surface area contributed by atoms with Crippen molar-refractivity contribution in [3.63, 3.8) is 0 Å². The number of H-pyrrole nitrogens is 1. The van der Waals surface area contributed by atoms with E-state index >= 15 is 0 Å². The summed E-state index contributed by atoms with van der Waals surface area (Å²) in [5, 5.41) is 8.33. The smallest absolute Gasteiger partial charge is 0.328 e. The molecule has 9 nitrogen and oxygen atoms in total. The summed E-state index contributed by atoms with van der Waals surface area (Å²) in [6, 6.07) is 7.09. The largest absolute Gasteiger partial charge is 0.375 e. The number of ether oxygens (including phenoxy) is 1. The summed E-state index contributed by atoms with van der Waals surface area (Å²) in [4.78, 5) is 31.3. The summed E-state index contributed by atoms with van der Waals surface area (Å²) in [6.07, 6.45) is 5.42. The molecule has 0 amide bonds. The number of benzene rings is 1. The number of aryl methyl sites for hydroxylation is 1. The molecule has 1 atom stereocenters. The quantitative estimate of drug-likeness (QED) is 0.464. The van der Waals surface area contributed by atoms with Crippen molar-refractivity contribution < 1.29 is 4.74 Å². The van der Waals surface area contributed by atoms with Crippen LogP contribution in [0.25, 0.3) is 16.8 Å². The summed E-state index contributed by atoms with van der Waals surface area (Å²) >= 11 is 6.44. The number of fused-ring (bicyclic) bond motifs is 1. The molecule has 170 valence electrons. The Morgan fingerprint density at radius 3 is 2.94 bits per heavy atom. The second-order valence-corrected chi connectivity index (χ2v) is 8.58. The van der Waals surface area contributed by atoms with Gasteiger partial charge in [0.1, 0.15) is 6.33 Å². The fourth-order valence-corrected chi connectivity index (χ4v) is 4.57. The van der Waals surface area contributed by atoms with Crippen molar-refractivity contribution in [1.82, 2.24) is 29.5 Å². The predicted octanol–water partition coefficient (Wildman–Crippen LogP) is 1.79. The Hall–Kier alpha value is -3.27. The Bertz CT molecular complexity index is 1410. The van der Waals surface area contributed by atoms with Crippen molar-refractivity contribution in [2.24, 2.45) is 0 Å². The van der Waals surface area contributed by atoms with Crippen LogP contribution in [0.4, 0.5) is 0 Å². The maximum Gasteiger partial charge on any atom is 0.328 e. The third-order valence-corrected chi connectivity index (χ3v) is 6.09. The highest BCUT2D eigenvalue weighted by atomic mass is 35.5. The van der Waals surface area contributed by atoms with Gasteiger partial charge in [-0.15, -0.1) is 0 Å². The maximum atomic E-state index is 12.1. The molecule has 5 rings (SSSR count). The van der Waals surface area contributed by atoms with Gasteiger partial charge < -0.3 is 15.0 Å². The van der Waals surface area contributed by atoms with Gasteiger partial charge in [-0.25, -0.2) is 14.3 Å². The molecule has 2 N–H and O–H groups in total. The van der Waals surface area contributed by atoms with E-state index in [1.165, 1.54) is 18.6 Å². The van der Waals surface area contributed by atoms with Gasteiger partial charge in [-0.05, 0) is 41.8 Å². The molecule has 10 heteroatoms. The molecule has 0 radical (unpaired) electrons. The lowest BCUT2D eigenvalue weighted by atomic mass is 9.94. The van der Waals surface area contributed by atoms with Crippen molar-refractivity contribution in [2.75, 3.05) is 19.7 Å². The highest BCUT2D eigenvalue weighted by molar-refractivity contribution is 6.31. The maximum absolute atomic E-state index is 12.1. The van der Waals surface area contributed by atoms with Gasteiger partial charge in [-0.3, -0.25) is 9.36 Å². The Morgan fingerprint density at radius 2 is 2.15 bits per heavy atom. The molecule has 0 bridgehead atoms. The molecule has 1 aliphatic rings. The number of hydrogen-bond donors (Lipinski definition) is 2. The van der Waals surface area contributed by atoms with Gasteiger partial charge >= 0.3 is 5.69 Å². The summed E-state index contributed by atoms with van der Waals surface area (Å²) < 4.78 is 8.79. The van der Waals surface area contributed by atoms with Gasteiger partial charge in [-0.1, -0.05) is 11.6 Å². The number of aromatic nitrogens is 5. The van der Waals surface area contributed by atoms with Crippen molar-refractivity contribution in [3.05, 3.63) is 85.5 Å². The summed E-state index contributed by atoms with van der Waals surface area (Å²) in [6.45, 7) is 4.49. The first kappa shape index (κ1) is 21.6. The van der Waals surface area contributed by atoms with E-state index in [1.807, 2.05) is 25.1 Å². The molecular formula is C23H23ClN6O3. The Labute approximate surface area is 194 Å². The van der Waals surface area contributed by atoms with Crippen LogP contribution >= 0.6 is 11.6 Å². The van der Waals surface area contributed by atoms with E-state index < -0.39 is 5.69 Å². The first-order valence-corrected chi connectivity index (χ1v) is 11.1. The highest BCUT2D eigenvalue weighted by Crippen LogP contribution is 2.33. The first-order valence-electron chi connectivity index (χ1n) is 10.7. The number of nitrogens with zero attached hydrogens (tertiary/aromatic N) is 4. The van der Waals surface area contributed by atoms with Crippen LogP contribution < -0.4 is 16.6 Å². The van der Waals surface area contributed by atoms with Gasteiger partial charge in [0, 0.05) is 48.6 Å². The molecule has 0 saturated carbocycles. The number of aromatic amines is 1. The number of halogens is 1. The molecular weight excluding hydrogens is 444 g/mol. The fraction of sp³-hybridized carbons (Fsp3) is 0.304. The fourth-order valence-electron chi connectivity index (χ4n) is 4.30. The summed E-state index contributed by atoms with van der Waals surface area (Å²) in [5.41, 5.74) is 4.53. The lowest BCUT2D eigenvalue weighted by Gasteiger charge is -2.25. The van der Waals surface area contributed by atoms with E-state index in [2.05, 4.69) is 20.4 Å². The molecule has 3 aromatic heterocycles. The molecule has 0 unspecified atom stereocenters. The lowest BCUT2D eigenvalue weighted by molar-refractivity contribution is 0.0292. The molecule has 1 fully saturated rings. The van der Waals surface area contributed by atoms with Crippen LogP contribution in [0.5, 0.6) is 0 Å². The van der Waals surface area contributed by atoms with Gasteiger partial charge in [0.2, 0.25) is 0 Å². The van der Waals surface area contributed by atoms with Crippen LogP contribution in [0.1, 0.15) is 16.7 Å². The van der Waals surface area contributed by atoms with Crippen molar-refractivity contribution in [3.8, 4) is 11.3 Å². The van der Waals surface area contributed by atoms with Gasteiger partial charge in [0.15, 0.2) is 0 Å². The van der Waals surface area contributed by atoms with E-state index in [-0.39, 0.29) is 18.2 Å². The minimum atomic E-state index is -0.460. The Kier molecular flexibility index (Phi) is 5.84. The zero-order chi connectivity index (χ0) is 22.9. The minimum Gasteiger partial charge on any atom is -0.375 e. The lowest BCUT2D eigenvalue weighted by Crippen LogP contribution is -2.39. The highest BCUT2D eigenvalue weighted by Gasteiger charge is 2.21. The summed E-state index contributed by atoms with van der Waals surface area (Å²) in [7, 11) is 0. The third kappa shape index (κ3) is 4.35. The van der Waals surface area contributed by atoms with E-state index in [0.717, 1.165) is 57.5 Å². The van der Waals surface area contributed by atoms with Gasteiger partial charge in [0.25, 0.3) is 5.56 Å². The summed E-state index contributed by atoms with van der Waals surface area (Å²) in [5.74, 6) is 0. The van der Waals surface area contributed by atoms with E-state index in [0.29, 0.717) is 11.6 Å². The Morgan fingerprint density at radius 1 is 1.27 bits per heavy atom. The molecule has 0 aliphatic carbocycles. The van der Waals surface area contributed by atoms with E-state index in [4.69, 9.17) is 16.3 Å². The zero-order valence-corrected chi connectivity index (χ0v) is 18.8. The van der Waals surface area contributed by atoms with Crippen LogP contribution in [0.3, 0.4) is 0 Å². The monoisotopic (exact) mass is 466 g/mol. The molecule has 1 saturated heterocycles. The topological polar surface area (TPSA) is 106 Å². The normalized spacial score (nSPS) is 16.4. The van der Waals surface area contributed by atoms with Crippen LogP contribution in [0.15, 0.2) is 52.6 Å². The van der Waals surface area contributed by atoms with Crippen molar-refractivity contribution in [1.29, 1.82) is 0 Å². The standard InChI is InChI=1S/C23H23ClN6O3/c1-14-6-16(24)8-19(18(14)9-17-10-25-4-5-33-17)22-20-7-15(12-30(20)28-13-27-22)11-29-21(31)2-3-26-23(29)32/h2-3,6-8,12-13,17,25H,4-5,9-11H2,1H3,(H,26,32)/t17-/m1/s1. The first-order chi connectivity index (χ1) is 16.0. The molecule has 1 aromatic carbocycles. The zero-order valence-electron chi connectivity index (χ0n) is 18.0. The van der Waals surface area contributed by atoms with E-state index in [1.54, 1.807) is 10.7 Å². The molecule has 33 heavy (non-hydrogen) atoms. The molecule has 4 aromatic rings. The average Bonchev–Trinajstić information content (AvgIpc) is 3.22. The molecule has 4 heterocycles. The molecule has 1 aliphatic heterocycles. The SMILES string of the molecule is Cc1cc(Cl)cc(-c2ncnn3cc(Cn4c(=O)cc[nH]c4=O)cc23)c1C[C@@H]1CNCCO1. The second kappa shape index (κ2) is 8.93. The predicted molar refractivity (Wildman–Crippen MR) is 125 cm³/mol. The number of rotatable bonds is 5. The third-order valence-electron chi connectivity index (χ3n) is 5.88. The van der Waals surface area contributed by atoms with Crippen molar-refractivity contribution in [2.45, 2.75) is 26.0 Å². The van der Waals surface area contributed by atoms with Crippen LogP contribution in [-0.2, 0) is 17.7 Å². The van der Waals surface area contributed by atoms with Crippen LogP contribution in [0, 0.1) is 6.92 Å². The number of nitrogens with one attached hydrogen (secondary N) is 2. The second-order valence-electron chi connectivity index (χ2n) is 8.14. The van der Waals surface area contributed by atoms with Crippen LogP contribution in [0.2, 0.25) is 5.02 Å².